The summed E-state index contributed by atoms with van der Waals surface area (Å²) in [4.78, 5) is 0. The van der Waals surface area contributed by atoms with Gasteiger partial charge in [0.15, 0.2) is 18.0 Å². The number of thiazole rings is 1. The van der Waals surface area contributed by atoms with Gasteiger partial charge in [-0.3, -0.25) is 0 Å². The molecule has 0 unspecified atom stereocenters. The first-order chi connectivity index (χ1) is 13.2. The maximum absolute atomic E-state index is 13.3. The summed E-state index contributed by atoms with van der Waals surface area (Å²) in [5.41, 5.74) is 4.37. The number of phenolic OH excluding ortho intramolecular Hbond substituents is 1. The van der Waals surface area contributed by atoms with Crippen molar-refractivity contribution in [3.8, 4) is 22.8 Å². The lowest BCUT2D eigenvalue weighted by Gasteiger charge is -2.05. The summed E-state index contributed by atoms with van der Waals surface area (Å²) in [6.45, 7) is 0.955. The van der Waals surface area contributed by atoms with E-state index in [1.54, 1.807) is 30.6 Å². The molecule has 1 aromatic heterocycles. The third-order valence-corrected chi connectivity index (χ3v) is 5.90. The minimum Gasteiger partial charge on any atom is -0.504 e. The molecule has 0 spiro atoms. The van der Waals surface area contributed by atoms with Crippen LogP contribution in [0.1, 0.15) is 29.8 Å². The Balaban J connectivity index is 1.75. The predicted octanol–water partition coefficient (Wildman–Crippen LogP) is 5.28. The van der Waals surface area contributed by atoms with Gasteiger partial charge in [0.2, 0.25) is 5.69 Å². The molecule has 138 valence electrons. The molecule has 0 saturated carbocycles. The van der Waals surface area contributed by atoms with Crippen molar-refractivity contribution < 1.29 is 18.8 Å². The number of halogens is 1. The van der Waals surface area contributed by atoms with E-state index in [1.807, 2.05) is 18.2 Å². The van der Waals surface area contributed by atoms with Crippen molar-refractivity contribution in [2.45, 2.75) is 25.8 Å². The van der Waals surface area contributed by atoms with Gasteiger partial charge >= 0.3 is 0 Å². The number of allylic oxidation sites excluding steroid dienone is 1. The van der Waals surface area contributed by atoms with Crippen molar-refractivity contribution in [1.82, 2.24) is 0 Å². The lowest BCUT2D eigenvalue weighted by Crippen LogP contribution is -2.36. The highest BCUT2D eigenvalue weighted by atomic mass is 32.1. The van der Waals surface area contributed by atoms with Crippen LogP contribution in [0.4, 0.5) is 4.39 Å². The summed E-state index contributed by atoms with van der Waals surface area (Å²) >= 11 is 1.72. The van der Waals surface area contributed by atoms with E-state index in [1.165, 1.54) is 22.7 Å². The molecule has 2 aromatic carbocycles. The van der Waals surface area contributed by atoms with Crippen LogP contribution < -0.4 is 9.30 Å². The number of aromatic nitrogens is 1. The number of nitrogens with zero attached hydrogens (tertiary/aromatic N) is 1. The largest absolute Gasteiger partial charge is 0.504 e. The van der Waals surface area contributed by atoms with E-state index < -0.39 is 0 Å². The highest BCUT2D eigenvalue weighted by Gasteiger charge is 2.26. The molecule has 3 nitrogen and oxygen atoms in total. The first-order valence-corrected chi connectivity index (χ1v) is 9.89. The van der Waals surface area contributed by atoms with Gasteiger partial charge in [0.1, 0.15) is 5.82 Å². The second-order valence-corrected chi connectivity index (χ2v) is 7.50. The topological polar surface area (TPSA) is 33.3 Å². The zero-order valence-electron chi connectivity index (χ0n) is 15.1. The fourth-order valence-corrected chi connectivity index (χ4v) is 4.60. The van der Waals surface area contributed by atoms with E-state index in [0.29, 0.717) is 5.75 Å². The van der Waals surface area contributed by atoms with E-state index in [2.05, 4.69) is 16.0 Å². The van der Waals surface area contributed by atoms with Gasteiger partial charge in [-0.1, -0.05) is 17.4 Å². The molecule has 0 atom stereocenters. The Kier molecular flexibility index (Phi) is 4.94. The number of ether oxygens (including phenoxy) is 1. The molecule has 1 N–H and O–H groups in total. The molecule has 0 bridgehead atoms. The summed E-state index contributed by atoms with van der Waals surface area (Å²) in [6.07, 6.45) is 5.36. The zero-order valence-corrected chi connectivity index (χ0v) is 15.9. The van der Waals surface area contributed by atoms with Crippen LogP contribution >= 0.6 is 11.3 Å². The Morgan fingerprint density at radius 2 is 1.96 bits per heavy atom. The van der Waals surface area contributed by atoms with E-state index in [-0.39, 0.29) is 11.6 Å². The van der Waals surface area contributed by atoms with E-state index >= 15 is 0 Å². The number of rotatable bonds is 3. The number of hydrogen-bond acceptors (Lipinski definition) is 3. The van der Waals surface area contributed by atoms with Crippen LogP contribution in [0.3, 0.4) is 0 Å². The minimum absolute atomic E-state index is 0.145. The molecule has 3 aromatic rings. The SMILES string of the molecule is COc1ccc(/C=C2/CCCC[n+]3c(-c4ccc(F)cc4)csc32)cc1O. The van der Waals surface area contributed by atoms with Gasteiger partial charge in [0.05, 0.1) is 12.5 Å². The van der Waals surface area contributed by atoms with E-state index in [0.717, 1.165) is 42.6 Å². The lowest BCUT2D eigenvalue weighted by atomic mass is 10.1. The van der Waals surface area contributed by atoms with Crippen LogP contribution in [0.5, 0.6) is 11.5 Å². The highest BCUT2D eigenvalue weighted by Crippen LogP contribution is 2.33. The van der Waals surface area contributed by atoms with Gasteiger partial charge < -0.3 is 9.84 Å². The molecule has 2 heterocycles. The minimum atomic E-state index is -0.218. The third-order valence-electron chi connectivity index (χ3n) is 4.85. The fourth-order valence-electron chi connectivity index (χ4n) is 3.49. The lowest BCUT2D eigenvalue weighted by molar-refractivity contribution is -0.683. The van der Waals surface area contributed by atoms with Gasteiger partial charge in [-0.15, -0.1) is 0 Å². The fraction of sp³-hybridized carbons (Fsp3) is 0.227. The number of fused-ring (bicyclic) bond motifs is 1. The van der Waals surface area contributed by atoms with Gasteiger partial charge in [0.25, 0.3) is 5.01 Å². The second kappa shape index (κ2) is 7.53. The number of methoxy groups -OCH3 is 1. The number of hydrogen-bond donors (Lipinski definition) is 1. The van der Waals surface area contributed by atoms with Crippen molar-refractivity contribution in [2.24, 2.45) is 0 Å². The molecule has 1 aliphatic rings. The van der Waals surface area contributed by atoms with Crippen LogP contribution in [0, 0.1) is 5.82 Å². The maximum Gasteiger partial charge on any atom is 0.265 e. The average Bonchev–Trinajstić information content (AvgIpc) is 2.99. The van der Waals surface area contributed by atoms with E-state index in [9.17, 15) is 9.50 Å². The molecular formula is C22H21FNO2S+. The quantitative estimate of drug-likeness (QED) is 0.625. The molecule has 0 amide bonds. The summed E-state index contributed by atoms with van der Waals surface area (Å²) in [6, 6.07) is 12.2. The van der Waals surface area contributed by atoms with Gasteiger partial charge in [-0.05, 0) is 60.9 Å². The Morgan fingerprint density at radius 3 is 2.70 bits per heavy atom. The van der Waals surface area contributed by atoms with Crippen LogP contribution in [-0.2, 0) is 6.54 Å². The second-order valence-electron chi connectivity index (χ2n) is 6.64. The van der Waals surface area contributed by atoms with Gasteiger partial charge in [-0.2, -0.15) is 4.57 Å². The van der Waals surface area contributed by atoms with Crippen molar-refractivity contribution in [3.63, 3.8) is 0 Å². The Morgan fingerprint density at radius 1 is 1.15 bits per heavy atom. The first kappa shape index (κ1) is 17.7. The van der Waals surface area contributed by atoms with Crippen molar-refractivity contribution in [1.29, 1.82) is 0 Å². The van der Waals surface area contributed by atoms with Gasteiger partial charge in [-0.25, -0.2) is 4.39 Å². The van der Waals surface area contributed by atoms with Crippen LogP contribution in [-0.4, -0.2) is 12.2 Å². The Bertz CT molecular complexity index is 992. The third kappa shape index (κ3) is 3.60. The molecule has 1 aliphatic heterocycles. The number of benzene rings is 2. The normalized spacial score (nSPS) is 15.4. The van der Waals surface area contributed by atoms with Crippen molar-refractivity contribution in [3.05, 3.63) is 64.2 Å². The molecular weight excluding hydrogens is 361 g/mol. The number of phenols is 1. The molecule has 0 aliphatic carbocycles. The van der Waals surface area contributed by atoms with Crippen molar-refractivity contribution in [2.75, 3.05) is 7.11 Å². The summed E-state index contributed by atoms with van der Waals surface area (Å²) in [7, 11) is 1.55. The van der Waals surface area contributed by atoms with Crippen LogP contribution in [0.2, 0.25) is 0 Å². The smallest absolute Gasteiger partial charge is 0.265 e. The highest BCUT2D eigenvalue weighted by molar-refractivity contribution is 7.10. The molecule has 0 radical (unpaired) electrons. The molecule has 5 heteroatoms. The standard InChI is InChI=1S/C22H20FNO2S/c1-26-21-10-5-15(13-20(21)25)12-17-4-2-3-11-24-19(14-27-22(17)24)16-6-8-18(23)9-7-16/h5-10,12-14H,2-4,11H2,1H3/p+1/b17-12-. The first-order valence-electron chi connectivity index (χ1n) is 9.01. The summed E-state index contributed by atoms with van der Waals surface area (Å²) < 4.78 is 20.7. The Hall–Kier alpha value is -2.66. The summed E-state index contributed by atoms with van der Waals surface area (Å²) in [5, 5.41) is 13.4. The average molecular weight is 382 g/mol. The van der Waals surface area contributed by atoms with E-state index in [4.69, 9.17) is 4.74 Å². The molecule has 0 saturated heterocycles. The maximum atomic E-state index is 13.3. The molecule has 27 heavy (non-hydrogen) atoms. The monoisotopic (exact) mass is 382 g/mol. The summed E-state index contributed by atoms with van der Waals surface area (Å²) in [5.74, 6) is 0.402. The van der Waals surface area contributed by atoms with Crippen molar-refractivity contribution >= 4 is 23.0 Å². The Labute approximate surface area is 162 Å². The van der Waals surface area contributed by atoms with Gasteiger partial charge in [0, 0.05) is 17.6 Å². The predicted molar refractivity (Wildman–Crippen MR) is 106 cm³/mol. The van der Waals surface area contributed by atoms with Crippen LogP contribution in [0.25, 0.3) is 22.9 Å². The number of aromatic hydroxyl groups is 1. The van der Waals surface area contributed by atoms with Crippen LogP contribution in [0.15, 0.2) is 47.8 Å². The molecule has 4 rings (SSSR count). The molecule has 0 fully saturated rings. The zero-order chi connectivity index (χ0) is 18.8.